The molecule has 1 heterocycles. The Bertz CT molecular complexity index is 755. The van der Waals surface area contributed by atoms with Crippen molar-refractivity contribution in [2.75, 3.05) is 7.11 Å². The molecule has 0 aliphatic rings. The molecule has 0 aliphatic heterocycles. The zero-order valence-electron chi connectivity index (χ0n) is 11.1. The van der Waals surface area contributed by atoms with Crippen LogP contribution >= 0.6 is 11.8 Å². The number of pyridine rings is 1. The van der Waals surface area contributed by atoms with Gasteiger partial charge in [0.2, 0.25) is 0 Å². The van der Waals surface area contributed by atoms with Crippen LogP contribution in [0.4, 0.5) is 14.5 Å². The maximum absolute atomic E-state index is 13.6. The third kappa shape index (κ3) is 3.37. The van der Waals surface area contributed by atoms with Gasteiger partial charge < -0.3 is 4.74 Å². The average molecular weight is 326 g/mol. The van der Waals surface area contributed by atoms with Crippen LogP contribution in [0.15, 0.2) is 40.4 Å². The predicted octanol–water partition coefficient (Wildman–Crippen LogP) is 3.21. The van der Waals surface area contributed by atoms with E-state index >= 15 is 0 Å². The zero-order valence-corrected chi connectivity index (χ0v) is 11.9. The number of esters is 1. The lowest BCUT2D eigenvalue weighted by atomic mass is 10.3. The van der Waals surface area contributed by atoms with Gasteiger partial charge in [0.15, 0.2) is 5.03 Å². The Morgan fingerprint density at radius 2 is 2.09 bits per heavy atom. The van der Waals surface area contributed by atoms with E-state index in [1.165, 1.54) is 0 Å². The molecular formula is C13H8F2N2O4S. The summed E-state index contributed by atoms with van der Waals surface area (Å²) < 4.78 is 31.2. The van der Waals surface area contributed by atoms with E-state index in [9.17, 15) is 23.7 Å². The van der Waals surface area contributed by atoms with E-state index in [4.69, 9.17) is 0 Å². The van der Waals surface area contributed by atoms with Gasteiger partial charge in [0.1, 0.15) is 11.6 Å². The van der Waals surface area contributed by atoms with Crippen LogP contribution in [-0.2, 0) is 4.74 Å². The topological polar surface area (TPSA) is 82.3 Å². The molecule has 0 N–H and O–H groups in total. The van der Waals surface area contributed by atoms with Crippen molar-refractivity contribution in [2.45, 2.75) is 9.92 Å². The number of ether oxygens (including phenoxy) is 1. The molecule has 2 rings (SSSR count). The Kier molecular flexibility index (Phi) is 4.66. The second-order valence-corrected chi connectivity index (χ2v) is 5.00. The van der Waals surface area contributed by atoms with Crippen LogP contribution in [0.1, 0.15) is 10.4 Å². The van der Waals surface area contributed by atoms with E-state index in [0.29, 0.717) is 11.8 Å². The number of carbonyl (C=O) groups is 1. The quantitative estimate of drug-likeness (QED) is 0.487. The maximum Gasteiger partial charge on any atom is 0.339 e. The molecule has 1 aromatic carbocycles. The predicted molar refractivity (Wildman–Crippen MR) is 72.7 cm³/mol. The van der Waals surface area contributed by atoms with E-state index in [-0.39, 0.29) is 15.5 Å². The number of nitro groups is 1. The summed E-state index contributed by atoms with van der Waals surface area (Å²) in [5.41, 5.74) is -0.616. The molecule has 1 aromatic heterocycles. The first-order chi connectivity index (χ1) is 10.4. The van der Waals surface area contributed by atoms with Crippen molar-refractivity contribution in [2.24, 2.45) is 0 Å². The van der Waals surface area contributed by atoms with E-state index in [1.54, 1.807) is 0 Å². The Balaban J connectivity index is 2.44. The van der Waals surface area contributed by atoms with Gasteiger partial charge in [-0.15, -0.1) is 0 Å². The van der Waals surface area contributed by atoms with E-state index in [2.05, 4.69) is 9.72 Å². The molecule has 0 saturated heterocycles. The number of methoxy groups -OCH3 is 1. The zero-order chi connectivity index (χ0) is 16.3. The Morgan fingerprint density at radius 3 is 2.73 bits per heavy atom. The van der Waals surface area contributed by atoms with Crippen molar-refractivity contribution in [1.82, 2.24) is 4.98 Å². The molecule has 6 nitrogen and oxygen atoms in total. The van der Waals surface area contributed by atoms with Crippen LogP contribution in [0.5, 0.6) is 0 Å². The highest BCUT2D eigenvalue weighted by Crippen LogP contribution is 2.35. The molecule has 0 unspecified atom stereocenters. The highest BCUT2D eigenvalue weighted by molar-refractivity contribution is 7.99. The monoisotopic (exact) mass is 326 g/mol. The second-order valence-electron chi connectivity index (χ2n) is 3.97. The fourth-order valence-electron chi connectivity index (χ4n) is 1.54. The van der Waals surface area contributed by atoms with Gasteiger partial charge in [-0.25, -0.2) is 18.6 Å². The first kappa shape index (κ1) is 15.8. The lowest BCUT2D eigenvalue weighted by Gasteiger charge is -2.05. The summed E-state index contributed by atoms with van der Waals surface area (Å²) in [5, 5.41) is 10.9. The van der Waals surface area contributed by atoms with Gasteiger partial charge in [0.25, 0.3) is 0 Å². The number of hydrogen-bond donors (Lipinski definition) is 0. The number of nitrogens with zero attached hydrogens (tertiary/aromatic N) is 2. The van der Waals surface area contributed by atoms with Crippen molar-refractivity contribution < 1.29 is 23.2 Å². The van der Waals surface area contributed by atoms with Gasteiger partial charge in [-0.2, -0.15) is 0 Å². The molecule has 0 bridgehead atoms. The summed E-state index contributed by atoms with van der Waals surface area (Å²) in [6.45, 7) is 0. The van der Waals surface area contributed by atoms with E-state index < -0.39 is 28.2 Å². The van der Waals surface area contributed by atoms with Gasteiger partial charge in [-0.3, -0.25) is 10.1 Å². The van der Waals surface area contributed by atoms with Crippen molar-refractivity contribution in [1.29, 1.82) is 0 Å². The van der Waals surface area contributed by atoms with Crippen LogP contribution in [0.3, 0.4) is 0 Å². The van der Waals surface area contributed by atoms with Crippen molar-refractivity contribution in [3.8, 4) is 0 Å². The molecule has 0 amide bonds. The third-order valence-corrected chi connectivity index (χ3v) is 3.59. The summed E-state index contributed by atoms with van der Waals surface area (Å²) in [6.07, 6.45) is 1.07. The lowest BCUT2D eigenvalue weighted by Crippen LogP contribution is -2.04. The summed E-state index contributed by atoms with van der Waals surface area (Å²) in [4.78, 5) is 25.3. The van der Waals surface area contributed by atoms with Gasteiger partial charge >= 0.3 is 11.7 Å². The molecule has 9 heteroatoms. The number of aromatic nitrogens is 1. The minimum atomic E-state index is -0.788. The normalized spacial score (nSPS) is 10.3. The number of hydrogen-bond acceptors (Lipinski definition) is 6. The number of rotatable bonds is 4. The largest absolute Gasteiger partial charge is 0.465 e. The molecule has 114 valence electrons. The standard InChI is InChI=1S/C13H8F2N2O4S/c1-21-13(18)7-4-10(17(19)20)12(16-6-7)22-11-5-8(14)2-3-9(11)15/h2-6H,1H3. The highest BCUT2D eigenvalue weighted by atomic mass is 32.2. The minimum Gasteiger partial charge on any atom is -0.465 e. The molecule has 0 saturated carbocycles. The number of halogens is 2. The van der Waals surface area contributed by atoms with Crippen molar-refractivity contribution >= 4 is 23.4 Å². The molecule has 22 heavy (non-hydrogen) atoms. The molecule has 0 atom stereocenters. The molecule has 0 spiro atoms. The first-order valence-corrected chi connectivity index (χ1v) is 6.59. The number of carbonyl (C=O) groups excluding carboxylic acids is 1. The van der Waals surface area contributed by atoms with Crippen LogP contribution in [0.2, 0.25) is 0 Å². The van der Waals surface area contributed by atoms with Crippen LogP contribution in [0.25, 0.3) is 0 Å². The minimum absolute atomic E-state index is 0.113. The molecule has 0 fully saturated rings. The maximum atomic E-state index is 13.6. The third-order valence-electron chi connectivity index (χ3n) is 2.55. The summed E-state index contributed by atoms with van der Waals surface area (Å²) >= 11 is 0.591. The van der Waals surface area contributed by atoms with Gasteiger partial charge in [0.05, 0.1) is 22.5 Å². The van der Waals surface area contributed by atoms with Gasteiger partial charge in [-0.1, -0.05) is 11.8 Å². The summed E-state index contributed by atoms with van der Waals surface area (Å²) in [5.74, 6) is -2.21. The summed E-state index contributed by atoms with van der Waals surface area (Å²) in [6, 6.07) is 3.71. The van der Waals surface area contributed by atoms with Crippen molar-refractivity contribution in [3.63, 3.8) is 0 Å². The SMILES string of the molecule is COC(=O)c1cnc(Sc2cc(F)ccc2F)c([N+](=O)[O-])c1. The molecule has 2 aromatic rings. The van der Waals surface area contributed by atoms with Crippen molar-refractivity contribution in [3.05, 3.63) is 57.8 Å². The molecule has 0 radical (unpaired) electrons. The lowest BCUT2D eigenvalue weighted by molar-refractivity contribution is -0.388. The fraction of sp³-hybridized carbons (Fsp3) is 0.0769. The summed E-state index contributed by atoms with van der Waals surface area (Å²) in [7, 11) is 1.12. The fourth-order valence-corrected chi connectivity index (χ4v) is 2.43. The molecule has 0 aliphatic carbocycles. The smallest absolute Gasteiger partial charge is 0.339 e. The number of benzene rings is 1. The van der Waals surface area contributed by atoms with E-state index in [0.717, 1.165) is 37.6 Å². The van der Waals surface area contributed by atoms with Crippen LogP contribution < -0.4 is 0 Å². The first-order valence-electron chi connectivity index (χ1n) is 5.78. The Morgan fingerprint density at radius 1 is 1.36 bits per heavy atom. The Labute approximate surface area is 127 Å². The van der Waals surface area contributed by atoms with E-state index in [1.807, 2.05) is 0 Å². The average Bonchev–Trinajstić information content (AvgIpc) is 2.50. The van der Waals surface area contributed by atoms with Crippen LogP contribution in [0, 0.1) is 21.7 Å². The second kappa shape index (κ2) is 6.48. The van der Waals surface area contributed by atoms with Gasteiger partial charge in [-0.05, 0) is 18.2 Å². The highest BCUT2D eigenvalue weighted by Gasteiger charge is 2.21. The molecular weight excluding hydrogens is 318 g/mol. The van der Waals surface area contributed by atoms with Crippen LogP contribution in [-0.4, -0.2) is 23.0 Å². The van der Waals surface area contributed by atoms with Gasteiger partial charge in [0, 0.05) is 12.3 Å². The Hall–Kier alpha value is -2.55.